The Morgan fingerprint density at radius 2 is 2.05 bits per heavy atom. The fraction of sp³-hybridized carbons (Fsp3) is 0.423. The van der Waals surface area contributed by atoms with E-state index in [9.17, 15) is 28.0 Å². The Bertz CT molecular complexity index is 1550. The van der Waals surface area contributed by atoms with E-state index >= 15 is 0 Å². The van der Waals surface area contributed by atoms with Crippen LogP contribution in [0.1, 0.15) is 26.7 Å². The molecule has 0 aliphatic carbocycles. The third kappa shape index (κ3) is 5.95. The van der Waals surface area contributed by atoms with Gasteiger partial charge in [-0.1, -0.05) is 6.92 Å². The fourth-order valence-electron chi connectivity index (χ4n) is 4.80. The van der Waals surface area contributed by atoms with Gasteiger partial charge in [0.2, 0.25) is 0 Å². The van der Waals surface area contributed by atoms with E-state index in [4.69, 9.17) is 0 Å². The van der Waals surface area contributed by atoms with Crippen molar-refractivity contribution in [3.05, 3.63) is 50.0 Å². The van der Waals surface area contributed by atoms with Gasteiger partial charge in [-0.25, -0.2) is 0 Å². The molecule has 0 spiro atoms. The summed E-state index contributed by atoms with van der Waals surface area (Å²) in [6.07, 6.45) is 1.36. The molecule has 202 valence electrons. The van der Waals surface area contributed by atoms with Crippen molar-refractivity contribution in [2.24, 2.45) is 0 Å². The van der Waals surface area contributed by atoms with Crippen molar-refractivity contribution in [3.63, 3.8) is 0 Å². The van der Waals surface area contributed by atoms with Crippen molar-refractivity contribution >= 4 is 45.6 Å². The average Bonchev–Trinajstić information content (AvgIpc) is 3.59. The predicted octanol–water partition coefficient (Wildman–Crippen LogP) is 2.57. The maximum absolute atomic E-state index is 12.9. The first kappa shape index (κ1) is 27.5. The van der Waals surface area contributed by atoms with E-state index in [0.717, 1.165) is 47.6 Å². The molecule has 0 radical (unpaired) electrons. The van der Waals surface area contributed by atoms with Crippen molar-refractivity contribution in [1.29, 1.82) is 5.26 Å². The highest BCUT2D eigenvalue weighted by atomic mass is 32.1. The van der Waals surface area contributed by atoms with Crippen LogP contribution >= 0.6 is 11.3 Å². The topological polar surface area (TPSA) is 95.1 Å². The molecule has 1 fully saturated rings. The lowest BCUT2D eigenvalue weighted by atomic mass is 10.2. The lowest BCUT2D eigenvalue weighted by molar-refractivity contribution is -0.135. The van der Waals surface area contributed by atoms with E-state index in [0.29, 0.717) is 6.04 Å². The number of thiazole rings is 1. The van der Waals surface area contributed by atoms with E-state index in [-0.39, 0.29) is 15.7 Å². The van der Waals surface area contributed by atoms with Crippen LogP contribution in [-0.4, -0.2) is 51.8 Å². The fourth-order valence-corrected chi connectivity index (χ4v) is 5.89. The predicted molar refractivity (Wildman–Crippen MR) is 142 cm³/mol. The Morgan fingerprint density at radius 3 is 2.74 bits per heavy atom. The molecule has 1 aromatic carbocycles. The lowest BCUT2D eigenvalue weighted by Crippen LogP contribution is -2.37. The Labute approximate surface area is 221 Å². The Kier molecular flexibility index (Phi) is 8.28. The standard InChI is InChI=1S/C26H29F3N6O2S/c1-3-33-10-5-6-19(33)15-34-11-9-17-12-18(7-8-21(17)34)31-14-22-24(37)35(4-2)25(38-22)20(13-30)23(36)32-16-26(27,28)29/h7-9,11-12,14,19,31H,3-6,10,15-16H2,1-2H3,(H,32,36)/b22-14-,25-20+. The number of nitrogens with one attached hydrogen (secondary N) is 2. The highest BCUT2D eigenvalue weighted by Crippen LogP contribution is 2.24. The number of benzene rings is 1. The van der Waals surface area contributed by atoms with Crippen LogP contribution in [0.2, 0.25) is 0 Å². The second-order valence-corrected chi connectivity index (χ2v) is 10.1. The lowest BCUT2D eigenvalue weighted by Gasteiger charge is -2.23. The number of halogens is 3. The molecule has 1 aliphatic heterocycles. The summed E-state index contributed by atoms with van der Waals surface area (Å²) in [6.45, 7) is 5.53. The van der Waals surface area contributed by atoms with Gasteiger partial charge in [0, 0.05) is 48.1 Å². The minimum Gasteiger partial charge on any atom is -0.360 e. The monoisotopic (exact) mass is 546 g/mol. The maximum Gasteiger partial charge on any atom is 0.405 e. The minimum atomic E-state index is -4.62. The second kappa shape index (κ2) is 11.4. The molecule has 1 atom stereocenters. The van der Waals surface area contributed by atoms with Crippen LogP contribution in [0.3, 0.4) is 0 Å². The van der Waals surface area contributed by atoms with Crippen molar-refractivity contribution in [3.8, 4) is 6.07 Å². The van der Waals surface area contributed by atoms with Gasteiger partial charge in [-0.3, -0.25) is 19.1 Å². The molecule has 1 aliphatic rings. The zero-order valence-corrected chi connectivity index (χ0v) is 22.0. The number of rotatable bonds is 8. The molecule has 0 saturated carbocycles. The number of aromatic nitrogens is 2. The molecule has 38 heavy (non-hydrogen) atoms. The van der Waals surface area contributed by atoms with Crippen molar-refractivity contribution in [1.82, 2.24) is 19.4 Å². The molecular weight excluding hydrogens is 517 g/mol. The number of fused-ring (bicyclic) bond motifs is 1. The third-order valence-corrected chi connectivity index (χ3v) is 7.81. The van der Waals surface area contributed by atoms with Gasteiger partial charge < -0.3 is 15.2 Å². The molecule has 1 unspecified atom stereocenters. The van der Waals surface area contributed by atoms with Gasteiger partial charge >= 0.3 is 6.18 Å². The molecule has 0 bridgehead atoms. The number of alkyl halides is 3. The van der Waals surface area contributed by atoms with Crippen molar-refractivity contribution in [2.45, 2.75) is 52.0 Å². The van der Waals surface area contributed by atoms with E-state index in [2.05, 4.69) is 27.9 Å². The number of hydrogen-bond acceptors (Lipinski definition) is 6. The van der Waals surface area contributed by atoms with Gasteiger partial charge in [0.05, 0.1) is 0 Å². The molecule has 4 rings (SSSR count). The van der Waals surface area contributed by atoms with Crippen LogP contribution < -0.4 is 25.4 Å². The van der Waals surface area contributed by atoms with E-state index in [1.54, 1.807) is 18.3 Å². The average molecular weight is 547 g/mol. The molecule has 1 saturated heterocycles. The van der Waals surface area contributed by atoms with Gasteiger partial charge in [0.25, 0.3) is 11.5 Å². The highest BCUT2D eigenvalue weighted by Gasteiger charge is 2.29. The van der Waals surface area contributed by atoms with Gasteiger partial charge in [-0.15, -0.1) is 11.3 Å². The van der Waals surface area contributed by atoms with Crippen LogP contribution in [-0.2, 0) is 17.9 Å². The number of nitriles is 1. The summed E-state index contributed by atoms with van der Waals surface area (Å²) in [6, 6.07) is 10.1. The smallest absolute Gasteiger partial charge is 0.360 e. The summed E-state index contributed by atoms with van der Waals surface area (Å²) >= 11 is 0.874. The largest absolute Gasteiger partial charge is 0.405 e. The minimum absolute atomic E-state index is 0.00767. The van der Waals surface area contributed by atoms with E-state index in [1.165, 1.54) is 23.6 Å². The zero-order valence-electron chi connectivity index (χ0n) is 21.1. The Morgan fingerprint density at radius 1 is 1.26 bits per heavy atom. The summed E-state index contributed by atoms with van der Waals surface area (Å²) < 4.78 is 41.2. The number of likely N-dealkylation sites (tertiary alicyclic amines) is 1. The number of nitrogens with zero attached hydrogens (tertiary/aromatic N) is 4. The molecule has 3 aromatic rings. The summed E-state index contributed by atoms with van der Waals surface area (Å²) in [7, 11) is 0. The molecule has 8 nitrogen and oxygen atoms in total. The molecule has 1 amide bonds. The normalized spacial score (nSPS) is 17.6. The number of carbonyl (C=O) groups is 1. The van der Waals surface area contributed by atoms with Gasteiger partial charge in [-0.2, -0.15) is 18.4 Å². The third-order valence-electron chi connectivity index (χ3n) is 6.68. The maximum atomic E-state index is 12.9. The Hall–Kier alpha value is -3.56. The first-order valence-corrected chi connectivity index (χ1v) is 13.3. The van der Waals surface area contributed by atoms with Gasteiger partial charge in [0.1, 0.15) is 21.8 Å². The molecule has 12 heteroatoms. The van der Waals surface area contributed by atoms with Crippen LogP contribution in [0.25, 0.3) is 22.7 Å². The van der Waals surface area contributed by atoms with Crippen molar-refractivity contribution < 1.29 is 18.0 Å². The van der Waals surface area contributed by atoms with Crippen LogP contribution in [0.4, 0.5) is 18.9 Å². The number of carbonyl (C=O) groups excluding carboxylic acids is 1. The summed E-state index contributed by atoms with van der Waals surface area (Å²) in [5.41, 5.74) is 0.879. The number of likely N-dealkylation sites (N-methyl/N-ethyl adjacent to an activating group) is 1. The first-order chi connectivity index (χ1) is 18.1. The van der Waals surface area contributed by atoms with E-state index < -0.39 is 29.8 Å². The SMILES string of the molecule is CCN1CCCC1Cn1ccc2cc(N/C=c3\s/c(=C(\C#N)C(=O)NCC(F)(F)F)n(CC)c3=O)ccc21. The molecular formula is C26H29F3N6O2S. The summed E-state index contributed by atoms with van der Waals surface area (Å²) in [5, 5.41) is 15.3. The first-order valence-electron chi connectivity index (χ1n) is 12.4. The van der Waals surface area contributed by atoms with Gasteiger partial charge in [-0.05, 0) is 57.1 Å². The number of anilines is 1. The van der Waals surface area contributed by atoms with E-state index in [1.807, 2.05) is 24.3 Å². The van der Waals surface area contributed by atoms with Gasteiger partial charge in [0.15, 0.2) is 5.57 Å². The number of hydrogen-bond donors (Lipinski definition) is 2. The zero-order chi connectivity index (χ0) is 27.4. The van der Waals surface area contributed by atoms with Crippen LogP contribution in [0.15, 0.2) is 35.3 Å². The van der Waals surface area contributed by atoms with Crippen molar-refractivity contribution in [2.75, 3.05) is 25.0 Å². The van der Waals surface area contributed by atoms with Crippen LogP contribution in [0, 0.1) is 11.3 Å². The number of amides is 1. The molecule has 3 heterocycles. The quantitative estimate of drug-likeness (QED) is 0.453. The molecule has 2 N–H and O–H groups in total. The van der Waals surface area contributed by atoms with Crippen LogP contribution in [0.5, 0.6) is 0 Å². The highest BCUT2D eigenvalue weighted by molar-refractivity contribution is 7.07. The molecule has 2 aromatic heterocycles. The Balaban J connectivity index is 1.59. The summed E-state index contributed by atoms with van der Waals surface area (Å²) in [5.74, 6) is -1.18. The second-order valence-electron chi connectivity index (χ2n) is 9.06. The summed E-state index contributed by atoms with van der Waals surface area (Å²) in [4.78, 5) is 27.6.